The molecule has 2 amide bonds. The SMILES string of the molecule is CN(Cc1ccsc1)C(=O)CNC(=O)c1cccc(Br)c1. The Bertz CT molecular complexity index is 628. The molecule has 0 saturated heterocycles. The number of benzene rings is 1. The minimum Gasteiger partial charge on any atom is -0.343 e. The fourth-order valence-electron chi connectivity index (χ4n) is 1.77. The van der Waals surface area contributed by atoms with Gasteiger partial charge in [-0.1, -0.05) is 22.0 Å². The third-order valence-corrected chi connectivity index (χ3v) is 4.14. The highest BCUT2D eigenvalue weighted by Gasteiger charge is 2.12. The summed E-state index contributed by atoms with van der Waals surface area (Å²) in [6, 6.07) is 9.03. The molecule has 4 nitrogen and oxygen atoms in total. The maximum Gasteiger partial charge on any atom is 0.251 e. The van der Waals surface area contributed by atoms with Gasteiger partial charge in [-0.05, 0) is 40.6 Å². The second kappa shape index (κ2) is 7.38. The van der Waals surface area contributed by atoms with Crippen LogP contribution < -0.4 is 5.32 Å². The summed E-state index contributed by atoms with van der Waals surface area (Å²) in [4.78, 5) is 25.5. The molecule has 0 saturated carbocycles. The fourth-order valence-corrected chi connectivity index (χ4v) is 2.83. The average Bonchev–Trinajstić information content (AvgIpc) is 2.97. The Balaban J connectivity index is 1.84. The first-order valence-electron chi connectivity index (χ1n) is 6.35. The minimum absolute atomic E-state index is 0.00795. The van der Waals surface area contributed by atoms with Crippen molar-refractivity contribution < 1.29 is 9.59 Å². The van der Waals surface area contributed by atoms with Crippen molar-refractivity contribution in [2.24, 2.45) is 0 Å². The summed E-state index contributed by atoms with van der Waals surface area (Å²) in [5.74, 6) is -0.377. The van der Waals surface area contributed by atoms with Gasteiger partial charge in [0.15, 0.2) is 0 Å². The third-order valence-electron chi connectivity index (χ3n) is 2.91. The molecule has 1 N–H and O–H groups in total. The Kier molecular flexibility index (Phi) is 5.52. The zero-order chi connectivity index (χ0) is 15.2. The van der Waals surface area contributed by atoms with Crippen molar-refractivity contribution in [2.45, 2.75) is 6.54 Å². The van der Waals surface area contributed by atoms with Crippen molar-refractivity contribution in [1.29, 1.82) is 0 Å². The van der Waals surface area contributed by atoms with Crippen LogP contribution in [0.25, 0.3) is 0 Å². The van der Waals surface area contributed by atoms with Gasteiger partial charge in [-0.3, -0.25) is 9.59 Å². The maximum atomic E-state index is 12.0. The van der Waals surface area contributed by atoms with E-state index in [1.165, 1.54) is 0 Å². The van der Waals surface area contributed by atoms with E-state index in [0.717, 1.165) is 10.0 Å². The van der Waals surface area contributed by atoms with Crippen LogP contribution in [0.2, 0.25) is 0 Å². The van der Waals surface area contributed by atoms with Gasteiger partial charge in [0.25, 0.3) is 5.91 Å². The lowest BCUT2D eigenvalue weighted by atomic mass is 10.2. The van der Waals surface area contributed by atoms with Crippen LogP contribution in [0.1, 0.15) is 15.9 Å². The zero-order valence-electron chi connectivity index (χ0n) is 11.5. The van der Waals surface area contributed by atoms with Crippen LogP contribution in [0.5, 0.6) is 0 Å². The lowest BCUT2D eigenvalue weighted by Gasteiger charge is -2.16. The molecule has 0 fully saturated rings. The molecule has 21 heavy (non-hydrogen) atoms. The van der Waals surface area contributed by atoms with Crippen molar-refractivity contribution in [2.75, 3.05) is 13.6 Å². The minimum atomic E-state index is -0.256. The summed E-state index contributed by atoms with van der Waals surface area (Å²) in [6.45, 7) is 0.543. The standard InChI is InChI=1S/C15H15BrN2O2S/c1-18(9-11-5-6-21-10-11)14(19)8-17-15(20)12-3-2-4-13(16)7-12/h2-7,10H,8-9H2,1H3,(H,17,20). The van der Waals surface area contributed by atoms with Gasteiger partial charge in [0.1, 0.15) is 0 Å². The zero-order valence-corrected chi connectivity index (χ0v) is 13.9. The lowest BCUT2D eigenvalue weighted by Crippen LogP contribution is -2.37. The first-order chi connectivity index (χ1) is 10.1. The van der Waals surface area contributed by atoms with Crippen LogP contribution in [-0.4, -0.2) is 30.3 Å². The van der Waals surface area contributed by atoms with E-state index in [1.807, 2.05) is 22.9 Å². The van der Waals surface area contributed by atoms with Crippen LogP contribution in [0.15, 0.2) is 45.6 Å². The monoisotopic (exact) mass is 366 g/mol. The summed E-state index contributed by atoms with van der Waals surface area (Å²) >= 11 is 4.91. The van der Waals surface area contributed by atoms with Gasteiger partial charge in [-0.15, -0.1) is 0 Å². The smallest absolute Gasteiger partial charge is 0.251 e. The van der Waals surface area contributed by atoms with Gasteiger partial charge in [0, 0.05) is 23.6 Å². The maximum absolute atomic E-state index is 12.0. The van der Waals surface area contributed by atoms with Gasteiger partial charge < -0.3 is 10.2 Å². The number of nitrogens with one attached hydrogen (secondary N) is 1. The fraction of sp³-hybridized carbons (Fsp3) is 0.200. The number of amides is 2. The van der Waals surface area contributed by atoms with Crippen molar-refractivity contribution in [1.82, 2.24) is 10.2 Å². The number of hydrogen-bond donors (Lipinski definition) is 1. The molecule has 0 bridgehead atoms. The first kappa shape index (κ1) is 15.7. The number of hydrogen-bond acceptors (Lipinski definition) is 3. The number of nitrogens with zero attached hydrogens (tertiary/aromatic N) is 1. The number of rotatable bonds is 5. The number of carbonyl (C=O) groups excluding carboxylic acids is 2. The quantitative estimate of drug-likeness (QED) is 0.884. The molecule has 0 atom stereocenters. The van der Waals surface area contributed by atoms with Crippen molar-refractivity contribution in [3.05, 3.63) is 56.7 Å². The van der Waals surface area contributed by atoms with Gasteiger partial charge in [0.05, 0.1) is 6.54 Å². The van der Waals surface area contributed by atoms with Crippen molar-refractivity contribution >= 4 is 39.1 Å². The summed E-state index contributed by atoms with van der Waals surface area (Å²) < 4.78 is 0.830. The van der Waals surface area contributed by atoms with E-state index in [4.69, 9.17) is 0 Å². The lowest BCUT2D eigenvalue weighted by molar-refractivity contribution is -0.129. The molecule has 0 aliphatic rings. The number of thiophene rings is 1. The van der Waals surface area contributed by atoms with E-state index in [-0.39, 0.29) is 18.4 Å². The highest BCUT2D eigenvalue weighted by atomic mass is 79.9. The Hall–Kier alpha value is -1.66. The van der Waals surface area contributed by atoms with Crippen LogP contribution in [0, 0.1) is 0 Å². The average molecular weight is 367 g/mol. The molecule has 0 aliphatic heterocycles. The molecule has 1 aromatic carbocycles. The molecular formula is C15H15BrN2O2S. The summed E-state index contributed by atoms with van der Waals surface area (Å²) in [5, 5.41) is 6.62. The van der Waals surface area contributed by atoms with E-state index in [2.05, 4.69) is 21.2 Å². The molecule has 0 radical (unpaired) electrons. The summed E-state index contributed by atoms with van der Waals surface area (Å²) in [5.41, 5.74) is 1.62. The molecule has 2 aromatic rings. The highest BCUT2D eigenvalue weighted by molar-refractivity contribution is 9.10. The number of carbonyl (C=O) groups is 2. The van der Waals surface area contributed by atoms with E-state index < -0.39 is 0 Å². The van der Waals surface area contributed by atoms with Gasteiger partial charge >= 0.3 is 0 Å². The molecule has 1 aromatic heterocycles. The second-order valence-corrected chi connectivity index (χ2v) is 6.27. The second-order valence-electron chi connectivity index (χ2n) is 4.57. The largest absolute Gasteiger partial charge is 0.343 e. The Morgan fingerprint density at radius 1 is 1.33 bits per heavy atom. The molecule has 6 heteroatoms. The van der Waals surface area contributed by atoms with E-state index in [0.29, 0.717) is 12.1 Å². The van der Waals surface area contributed by atoms with Crippen LogP contribution in [0.4, 0.5) is 0 Å². The normalized spacial score (nSPS) is 10.2. The molecule has 0 unspecified atom stereocenters. The van der Waals surface area contributed by atoms with Gasteiger partial charge in [-0.25, -0.2) is 0 Å². The van der Waals surface area contributed by atoms with E-state index >= 15 is 0 Å². The predicted octanol–water partition coefficient (Wildman–Crippen LogP) is 2.90. The van der Waals surface area contributed by atoms with E-state index in [1.54, 1.807) is 41.5 Å². The summed E-state index contributed by atoms with van der Waals surface area (Å²) in [6.07, 6.45) is 0. The third kappa shape index (κ3) is 4.68. The number of halogens is 1. The Morgan fingerprint density at radius 2 is 2.14 bits per heavy atom. The first-order valence-corrected chi connectivity index (χ1v) is 8.08. The molecule has 0 spiro atoms. The van der Waals surface area contributed by atoms with Gasteiger partial charge in [0.2, 0.25) is 5.91 Å². The molecular weight excluding hydrogens is 352 g/mol. The van der Waals surface area contributed by atoms with Crippen LogP contribution >= 0.6 is 27.3 Å². The topological polar surface area (TPSA) is 49.4 Å². The number of likely N-dealkylation sites (N-methyl/N-ethyl adjacent to an activating group) is 1. The van der Waals surface area contributed by atoms with Crippen molar-refractivity contribution in [3.8, 4) is 0 Å². The summed E-state index contributed by atoms with van der Waals surface area (Å²) in [7, 11) is 1.73. The molecule has 2 rings (SSSR count). The predicted molar refractivity (Wildman–Crippen MR) is 87.3 cm³/mol. The molecule has 110 valence electrons. The highest BCUT2D eigenvalue weighted by Crippen LogP contribution is 2.11. The van der Waals surface area contributed by atoms with Crippen LogP contribution in [0.3, 0.4) is 0 Å². The molecule has 1 heterocycles. The van der Waals surface area contributed by atoms with Crippen LogP contribution in [-0.2, 0) is 11.3 Å². The Labute approximate surface area is 135 Å². The van der Waals surface area contributed by atoms with Crippen molar-refractivity contribution in [3.63, 3.8) is 0 Å². The van der Waals surface area contributed by atoms with Gasteiger partial charge in [-0.2, -0.15) is 11.3 Å². The van der Waals surface area contributed by atoms with E-state index in [9.17, 15) is 9.59 Å². The Morgan fingerprint density at radius 3 is 2.81 bits per heavy atom. The molecule has 0 aliphatic carbocycles.